The molecule has 1 aliphatic heterocycles. The van der Waals surface area contributed by atoms with Gasteiger partial charge in [0, 0.05) is 25.0 Å². The summed E-state index contributed by atoms with van der Waals surface area (Å²) < 4.78 is 39.4. The number of aryl methyl sites for hydroxylation is 1. The average Bonchev–Trinajstić information content (AvgIpc) is 2.62. The molecule has 3 nitrogen and oxygen atoms in total. The fraction of sp³-hybridized carbons (Fsp3) is 0.300. The quantitative estimate of drug-likeness (QED) is 0.709. The first-order valence-electron chi connectivity index (χ1n) is 8.34. The predicted molar refractivity (Wildman–Crippen MR) is 94.6 cm³/mol. The lowest BCUT2D eigenvalue weighted by Crippen LogP contribution is -2.33. The van der Waals surface area contributed by atoms with Crippen LogP contribution in [0.1, 0.15) is 29.8 Å². The van der Waals surface area contributed by atoms with Gasteiger partial charge in [-0.1, -0.05) is 17.6 Å². The molecule has 134 valence electrons. The lowest BCUT2D eigenvalue weighted by molar-refractivity contribution is -0.137. The molecule has 3 heterocycles. The van der Waals surface area contributed by atoms with Gasteiger partial charge in [0.05, 0.1) is 5.56 Å². The third kappa shape index (κ3) is 4.42. The third-order valence-electron chi connectivity index (χ3n) is 4.16. The largest absolute Gasteiger partial charge is 0.419 e. The van der Waals surface area contributed by atoms with E-state index in [1.165, 1.54) is 12.3 Å². The molecule has 2 aromatic heterocycles. The lowest BCUT2D eigenvalue weighted by Gasteiger charge is -2.30. The van der Waals surface area contributed by atoms with E-state index in [9.17, 15) is 13.2 Å². The normalized spacial score (nSPS) is 14.6. The van der Waals surface area contributed by atoms with Crippen LogP contribution in [0.25, 0.3) is 0 Å². The molecule has 1 saturated heterocycles. The van der Waals surface area contributed by atoms with Gasteiger partial charge < -0.3 is 4.90 Å². The van der Waals surface area contributed by atoms with Crippen molar-refractivity contribution >= 4 is 5.82 Å². The number of halogens is 3. The van der Waals surface area contributed by atoms with Crippen molar-refractivity contribution in [3.05, 3.63) is 65.1 Å². The fourth-order valence-electron chi connectivity index (χ4n) is 2.85. The Hall–Kier alpha value is -2.81. The van der Waals surface area contributed by atoms with Crippen molar-refractivity contribution in [2.24, 2.45) is 0 Å². The second kappa shape index (κ2) is 7.61. The highest BCUT2D eigenvalue weighted by atomic mass is 19.4. The SMILES string of the molecule is Cc1cccc(C#CC=C2CCN(c3ncccc3C(F)(F)F)CC2)n1. The monoisotopic (exact) mass is 357 g/mol. The minimum atomic E-state index is -4.40. The van der Waals surface area contributed by atoms with E-state index >= 15 is 0 Å². The number of piperidine rings is 1. The van der Waals surface area contributed by atoms with Crippen molar-refractivity contribution in [1.29, 1.82) is 0 Å². The predicted octanol–water partition coefficient (Wildman–Crippen LogP) is 4.38. The number of pyridine rings is 2. The number of aromatic nitrogens is 2. The summed E-state index contributed by atoms with van der Waals surface area (Å²) in [6.07, 6.45) is 0.195. The Bertz CT molecular complexity index is 866. The molecule has 0 spiro atoms. The average molecular weight is 357 g/mol. The molecule has 0 radical (unpaired) electrons. The summed E-state index contributed by atoms with van der Waals surface area (Å²) in [5, 5.41) is 0. The molecule has 26 heavy (non-hydrogen) atoms. The van der Waals surface area contributed by atoms with Gasteiger partial charge in [0.1, 0.15) is 11.5 Å². The molecule has 0 N–H and O–H groups in total. The van der Waals surface area contributed by atoms with Crippen LogP contribution < -0.4 is 4.90 Å². The Morgan fingerprint density at radius 2 is 1.88 bits per heavy atom. The Morgan fingerprint density at radius 1 is 1.12 bits per heavy atom. The molecule has 1 fully saturated rings. The molecular weight excluding hydrogens is 339 g/mol. The van der Waals surface area contributed by atoms with E-state index < -0.39 is 11.7 Å². The maximum atomic E-state index is 13.1. The van der Waals surface area contributed by atoms with Crippen LogP contribution in [-0.4, -0.2) is 23.1 Å². The van der Waals surface area contributed by atoms with Crippen molar-refractivity contribution < 1.29 is 13.2 Å². The van der Waals surface area contributed by atoms with E-state index in [0.29, 0.717) is 31.6 Å². The maximum Gasteiger partial charge on any atom is 0.419 e. The molecule has 1 aliphatic rings. The van der Waals surface area contributed by atoms with Crippen LogP contribution in [0.15, 0.2) is 48.2 Å². The summed E-state index contributed by atoms with van der Waals surface area (Å²) in [6.45, 7) is 2.90. The van der Waals surface area contributed by atoms with Crippen molar-refractivity contribution in [1.82, 2.24) is 9.97 Å². The topological polar surface area (TPSA) is 29.0 Å². The minimum Gasteiger partial charge on any atom is -0.355 e. The molecule has 0 bridgehead atoms. The minimum absolute atomic E-state index is 0.00842. The molecular formula is C20H18F3N3. The van der Waals surface area contributed by atoms with Crippen LogP contribution in [0.3, 0.4) is 0 Å². The molecule has 0 aromatic carbocycles. The second-order valence-electron chi connectivity index (χ2n) is 6.10. The van der Waals surface area contributed by atoms with Crippen LogP contribution in [0.2, 0.25) is 0 Å². The zero-order valence-electron chi connectivity index (χ0n) is 14.3. The number of allylic oxidation sites excluding steroid dienone is 1. The van der Waals surface area contributed by atoms with E-state index in [0.717, 1.165) is 17.3 Å². The van der Waals surface area contributed by atoms with Gasteiger partial charge in [-0.3, -0.25) is 0 Å². The van der Waals surface area contributed by atoms with Gasteiger partial charge in [-0.15, -0.1) is 0 Å². The standard InChI is InChI=1S/C20H18F3N3/c1-15-5-2-7-17(25-15)8-3-6-16-10-13-26(14-11-16)19-18(20(21,22)23)9-4-12-24-19/h2,4-7,9,12H,10-11,13-14H2,1H3. The number of hydrogen-bond donors (Lipinski definition) is 0. The van der Waals surface area contributed by atoms with Crippen LogP contribution in [0, 0.1) is 18.8 Å². The zero-order chi connectivity index (χ0) is 18.6. The Labute approximate surface area is 150 Å². The summed E-state index contributed by atoms with van der Waals surface area (Å²) in [7, 11) is 0. The summed E-state index contributed by atoms with van der Waals surface area (Å²) in [5.41, 5.74) is 2.07. The van der Waals surface area contributed by atoms with Gasteiger partial charge in [-0.25, -0.2) is 9.97 Å². The molecule has 6 heteroatoms. The molecule has 0 unspecified atom stereocenters. The highest BCUT2D eigenvalue weighted by Crippen LogP contribution is 2.36. The highest BCUT2D eigenvalue weighted by Gasteiger charge is 2.35. The van der Waals surface area contributed by atoms with Gasteiger partial charge in [0.15, 0.2) is 0 Å². The van der Waals surface area contributed by atoms with E-state index in [4.69, 9.17) is 0 Å². The third-order valence-corrected chi connectivity index (χ3v) is 4.16. The van der Waals surface area contributed by atoms with E-state index in [-0.39, 0.29) is 5.82 Å². The number of anilines is 1. The van der Waals surface area contributed by atoms with Crippen molar-refractivity contribution in [3.63, 3.8) is 0 Å². The fourth-order valence-corrected chi connectivity index (χ4v) is 2.85. The highest BCUT2D eigenvalue weighted by molar-refractivity contribution is 5.49. The molecule has 0 amide bonds. The van der Waals surface area contributed by atoms with E-state index in [2.05, 4.69) is 21.8 Å². The van der Waals surface area contributed by atoms with E-state index in [1.54, 1.807) is 4.90 Å². The molecule has 0 saturated carbocycles. The Kier molecular flexibility index (Phi) is 5.27. The van der Waals surface area contributed by atoms with Crippen LogP contribution in [0.4, 0.5) is 19.0 Å². The summed E-state index contributed by atoms with van der Waals surface area (Å²) >= 11 is 0. The first-order valence-corrected chi connectivity index (χ1v) is 8.34. The van der Waals surface area contributed by atoms with Crippen molar-refractivity contribution in [2.45, 2.75) is 25.9 Å². The van der Waals surface area contributed by atoms with Crippen LogP contribution in [0.5, 0.6) is 0 Å². The van der Waals surface area contributed by atoms with Gasteiger partial charge in [0.2, 0.25) is 0 Å². The molecule has 2 aromatic rings. The van der Waals surface area contributed by atoms with Crippen LogP contribution in [-0.2, 0) is 6.18 Å². The number of rotatable bonds is 1. The summed E-state index contributed by atoms with van der Waals surface area (Å²) in [5.74, 6) is 6.00. The summed E-state index contributed by atoms with van der Waals surface area (Å²) in [4.78, 5) is 9.96. The number of nitrogens with zero attached hydrogens (tertiary/aromatic N) is 3. The maximum absolute atomic E-state index is 13.1. The van der Waals surface area contributed by atoms with Crippen molar-refractivity contribution in [3.8, 4) is 11.8 Å². The Morgan fingerprint density at radius 3 is 2.58 bits per heavy atom. The van der Waals surface area contributed by atoms with Gasteiger partial charge >= 0.3 is 6.18 Å². The first-order chi connectivity index (χ1) is 12.4. The van der Waals surface area contributed by atoms with Gasteiger partial charge in [-0.05, 0) is 56.0 Å². The molecule has 0 atom stereocenters. The van der Waals surface area contributed by atoms with Crippen LogP contribution >= 0.6 is 0 Å². The summed E-state index contributed by atoms with van der Waals surface area (Å²) in [6, 6.07) is 8.06. The molecule has 3 rings (SSSR count). The smallest absolute Gasteiger partial charge is 0.355 e. The van der Waals surface area contributed by atoms with Gasteiger partial charge in [0.25, 0.3) is 0 Å². The van der Waals surface area contributed by atoms with Crippen molar-refractivity contribution in [2.75, 3.05) is 18.0 Å². The zero-order valence-corrected chi connectivity index (χ0v) is 14.3. The van der Waals surface area contributed by atoms with E-state index in [1.807, 2.05) is 31.2 Å². The molecule has 0 aliphatic carbocycles. The number of alkyl halides is 3. The first kappa shape index (κ1) is 18.0. The van der Waals surface area contributed by atoms with Gasteiger partial charge in [-0.2, -0.15) is 13.2 Å². The second-order valence-corrected chi connectivity index (χ2v) is 6.10. The number of hydrogen-bond acceptors (Lipinski definition) is 3. The lowest BCUT2D eigenvalue weighted by atomic mass is 10.0. The Balaban J connectivity index is 1.67.